The molecule has 12 nitrogen and oxygen atoms in total. The van der Waals surface area contributed by atoms with E-state index >= 15 is 0 Å². The van der Waals surface area contributed by atoms with Crippen molar-refractivity contribution in [3.05, 3.63) is 66.1 Å². The smallest absolute Gasteiger partial charge is 0.425 e. The number of imide groups is 1. The highest BCUT2D eigenvalue weighted by molar-refractivity contribution is 6.13. The number of ether oxygens (including phenoxy) is 4. The maximum atomic E-state index is 13.6. The van der Waals surface area contributed by atoms with Crippen LogP contribution < -0.4 is 15.0 Å². The Morgan fingerprint density at radius 2 is 1.58 bits per heavy atom. The van der Waals surface area contributed by atoms with E-state index in [-0.39, 0.29) is 24.4 Å². The lowest BCUT2D eigenvalue weighted by Gasteiger charge is -2.28. The monoisotopic (exact) mass is 615 g/mol. The summed E-state index contributed by atoms with van der Waals surface area (Å²) in [6.07, 6.45) is -0.846. The fourth-order valence-corrected chi connectivity index (χ4v) is 4.97. The van der Waals surface area contributed by atoms with Gasteiger partial charge in [0, 0.05) is 29.9 Å². The van der Waals surface area contributed by atoms with E-state index in [9.17, 15) is 14.4 Å². The third-order valence-electron chi connectivity index (χ3n) is 6.59. The van der Waals surface area contributed by atoms with Crippen LogP contribution in [-0.4, -0.2) is 43.8 Å². The number of carbonyl (C=O) groups excluding carboxylic acids is 3. The maximum absolute atomic E-state index is 13.6. The Balaban J connectivity index is 1.61. The first-order valence-electron chi connectivity index (χ1n) is 14.5. The van der Waals surface area contributed by atoms with E-state index in [4.69, 9.17) is 18.9 Å². The van der Waals surface area contributed by atoms with E-state index in [2.05, 4.69) is 15.3 Å². The van der Waals surface area contributed by atoms with Gasteiger partial charge in [-0.05, 0) is 84.9 Å². The van der Waals surface area contributed by atoms with Crippen molar-refractivity contribution >= 4 is 40.6 Å². The summed E-state index contributed by atoms with van der Waals surface area (Å²) in [4.78, 5) is 48.5. The molecule has 236 valence electrons. The number of nitrogens with zero attached hydrogens (tertiary/aromatic N) is 4. The second-order valence-electron chi connectivity index (χ2n) is 12.6. The number of anilines is 2. The zero-order chi connectivity index (χ0) is 32.7. The molecule has 0 saturated heterocycles. The van der Waals surface area contributed by atoms with E-state index < -0.39 is 23.4 Å². The second-order valence-corrected chi connectivity index (χ2v) is 12.6. The number of amides is 3. The summed E-state index contributed by atoms with van der Waals surface area (Å²) in [5.74, 6) is 0.934. The van der Waals surface area contributed by atoms with Gasteiger partial charge in [0.25, 0.3) is 0 Å². The molecule has 3 amide bonds. The molecule has 0 saturated carbocycles. The van der Waals surface area contributed by atoms with Gasteiger partial charge in [-0.1, -0.05) is 6.07 Å². The lowest BCUT2D eigenvalue weighted by atomic mass is 10.1. The zero-order valence-corrected chi connectivity index (χ0v) is 26.6. The third-order valence-corrected chi connectivity index (χ3v) is 6.59. The fourth-order valence-electron chi connectivity index (χ4n) is 4.97. The van der Waals surface area contributed by atoms with Crippen LogP contribution in [0.2, 0.25) is 0 Å². The lowest BCUT2D eigenvalue weighted by molar-refractivity contribution is -0.114. The van der Waals surface area contributed by atoms with Crippen molar-refractivity contribution in [3.8, 4) is 17.2 Å². The van der Waals surface area contributed by atoms with Gasteiger partial charge in [-0.3, -0.25) is 4.79 Å². The number of hydrogen-bond acceptors (Lipinski definition) is 9. The molecule has 3 heterocycles. The Morgan fingerprint density at radius 1 is 0.933 bits per heavy atom. The molecule has 2 aromatic carbocycles. The van der Waals surface area contributed by atoms with Crippen LogP contribution in [0.25, 0.3) is 16.7 Å². The number of benzene rings is 2. The number of carbonyl (C=O) groups is 3. The highest BCUT2D eigenvalue weighted by Crippen LogP contribution is 2.42. The topological polar surface area (TPSA) is 134 Å². The normalized spacial score (nSPS) is 14.5. The van der Waals surface area contributed by atoms with Crippen LogP contribution >= 0.6 is 0 Å². The van der Waals surface area contributed by atoms with Crippen LogP contribution in [-0.2, 0) is 25.6 Å². The highest BCUT2D eigenvalue weighted by Gasteiger charge is 2.38. The van der Waals surface area contributed by atoms with E-state index in [0.29, 0.717) is 33.9 Å². The molecule has 0 spiro atoms. The first-order chi connectivity index (χ1) is 21.1. The quantitative estimate of drug-likeness (QED) is 0.243. The van der Waals surface area contributed by atoms with Crippen molar-refractivity contribution in [1.29, 1.82) is 0 Å². The van der Waals surface area contributed by atoms with Gasteiger partial charge in [-0.25, -0.2) is 19.6 Å². The molecule has 0 aliphatic carbocycles. The van der Waals surface area contributed by atoms with Gasteiger partial charge in [0.15, 0.2) is 5.82 Å². The minimum Gasteiger partial charge on any atom is -0.457 e. The SMILES string of the molecule is CC(=O)Nc1cccc(Oc2ccc(-n3c4c(c5ncnc(N(C(=O)OC(C)(C)C)C(=O)OC(C)(C)C)c53)C(C)OC4)cc2)c1. The largest absolute Gasteiger partial charge is 0.457 e. The molecule has 1 unspecified atom stereocenters. The molecule has 5 rings (SSSR count). The van der Waals surface area contributed by atoms with Crippen LogP contribution in [0.1, 0.15) is 72.8 Å². The van der Waals surface area contributed by atoms with Crippen LogP contribution in [0.15, 0.2) is 54.9 Å². The molecule has 0 bridgehead atoms. The van der Waals surface area contributed by atoms with Gasteiger partial charge >= 0.3 is 12.2 Å². The molecule has 0 fully saturated rings. The maximum Gasteiger partial charge on any atom is 0.425 e. The van der Waals surface area contributed by atoms with E-state index in [1.54, 1.807) is 77.9 Å². The van der Waals surface area contributed by atoms with Gasteiger partial charge in [-0.15, -0.1) is 0 Å². The summed E-state index contributed by atoms with van der Waals surface area (Å²) in [5, 5.41) is 2.74. The highest BCUT2D eigenvalue weighted by atomic mass is 16.6. The Hall–Kier alpha value is -4.97. The van der Waals surface area contributed by atoms with Crippen LogP contribution in [0, 0.1) is 0 Å². The van der Waals surface area contributed by atoms with Crippen molar-refractivity contribution in [1.82, 2.24) is 14.5 Å². The van der Waals surface area contributed by atoms with E-state index in [0.717, 1.165) is 16.2 Å². The van der Waals surface area contributed by atoms with Gasteiger partial charge in [-0.2, -0.15) is 4.90 Å². The minimum atomic E-state index is -0.931. The number of hydrogen-bond donors (Lipinski definition) is 1. The Kier molecular flexibility index (Phi) is 8.28. The van der Waals surface area contributed by atoms with Crippen LogP contribution in [0.3, 0.4) is 0 Å². The third kappa shape index (κ3) is 6.91. The zero-order valence-electron chi connectivity index (χ0n) is 26.6. The van der Waals surface area contributed by atoms with Gasteiger partial charge < -0.3 is 28.8 Å². The predicted molar refractivity (Wildman–Crippen MR) is 168 cm³/mol. The van der Waals surface area contributed by atoms with Crippen molar-refractivity contribution in [2.24, 2.45) is 0 Å². The Bertz CT molecular complexity index is 1740. The Morgan fingerprint density at radius 3 is 2.18 bits per heavy atom. The predicted octanol–water partition coefficient (Wildman–Crippen LogP) is 7.44. The number of aromatic nitrogens is 3. The molecule has 1 aliphatic heterocycles. The number of fused-ring (bicyclic) bond motifs is 3. The molecule has 45 heavy (non-hydrogen) atoms. The fraction of sp³-hybridized carbons (Fsp3) is 0.364. The lowest BCUT2D eigenvalue weighted by Crippen LogP contribution is -2.44. The first kappa shape index (κ1) is 31.5. The number of nitrogens with one attached hydrogen (secondary N) is 1. The Labute approximate surface area is 261 Å². The van der Waals surface area contributed by atoms with Crippen molar-refractivity contribution in [2.45, 2.75) is 79.3 Å². The van der Waals surface area contributed by atoms with E-state index in [1.807, 2.05) is 23.6 Å². The van der Waals surface area contributed by atoms with Crippen molar-refractivity contribution in [2.75, 3.05) is 10.2 Å². The summed E-state index contributed by atoms with van der Waals surface area (Å²) >= 11 is 0. The summed E-state index contributed by atoms with van der Waals surface area (Å²) < 4.78 is 25.2. The molecule has 1 N–H and O–H groups in total. The van der Waals surface area contributed by atoms with Gasteiger partial charge in [0.2, 0.25) is 5.91 Å². The molecule has 2 aromatic heterocycles. The molecule has 1 atom stereocenters. The average Bonchev–Trinajstić information content (AvgIpc) is 3.45. The summed E-state index contributed by atoms with van der Waals surface area (Å²) in [6, 6.07) is 14.3. The molecule has 4 aromatic rings. The molecule has 12 heteroatoms. The summed E-state index contributed by atoms with van der Waals surface area (Å²) in [6.45, 7) is 13.9. The molecule has 0 radical (unpaired) electrons. The molecular formula is C33H37N5O7. The summed E-state index contributed by atoms with van der Waals surface area (Å²) in [5.41, 5.74) is 2.12. The summed E-state index contributed by atoms with van der Waals surface area (Å²) in [7, 11) is 0. The average molecular weight is 616 g/mol. The van der Waals surface area contributed by atoms with Crippen molar-refractivity contribution in [3.63, 3.8) is 0 Å². The van der Waals surface area contributed by atoms with Gasteiger partial charge in [0.05, 0.1) is 18.4 Å². The van der Waals surface area contributed by atoms with Crippen LogP contribution in [0.4, 0.5) is 21.1 Å². The number of rotatable bonds is 5. The van der Waals surface area contributed by atoms with Crippen molar-refractivity contribution < 1.29 is 33.3 Å². The molecular weight excluding hydrogens is 578 g/mol. The first-order valence-corrected chi connectivity index (χ1v) is 14.5. The van der Waals surface area contributed by atoms with E-state index in [1.165, 1.54) is 13.3 Å². The minimum absolute atomic E-state index is 0.0141. The second kappa shape index (κ2) is 11.8. The van der Waals surface area contributed by atoms with Gasteiger partial charge in [0.1, 0.15) is 40.1 Å². The standard InChI is InChI=1S/C33H37N5O7/c1-19-26-25(17-42-19)37(22-12-14-23(15-13-22)43-24-11-9-10-21(16-24)36-20(2)39)28-27(26)34-18-35-29(28)38(30(40)44-32(3,4)5)31(41)45-33(6,7)8/h9-16,18-19H,17H2,1-8H3,(H,36,39). The molecule has 1 aliphatic rings. The van der Waals surface area contributed by atoms with Crippen LogP contribution in [0.5, 0.6) is 11.5 Å².